The van der Waals surface area contributed by atoms with Crippen LogP contribution in [0.25, 0.3) is 10.8 Å². The Morgan fingerprint density at radius 1 is 0.893 bits per heavy atom. The molecule has 2 rings (SSSR count). The molecule has 0 saturated heterocycles. The predicted octanol–water partition coefficient (Wildman–Crippen LogP) is 5.16. The summed E-state index contributed by atoms with van der Waals surface area (Å²) in [5.74, 6) is 0.713. The summed E-state index contributed by atoms with van der Waals surface area (Å²) in [6.45, 7) is 14.5. The number of carbonyl (C=O) groups excluding carboxylic acids is 1. The van der Waals surface area contributed by atoms with Crippen LogP contribution in [0.3, 0.4) is 0 Å². The van der Waals surface area contributed by atoms with Gasteiger partial charge in [-0.25, -0.2) is 4.79 Å². The summed E-state index contributed by atoms with van der Waals surface area (Å²) in [5, 5.41) is 1.87. The third kappa shape index (κ3) is 7.48. The van der Waals surface area contributed by atoms with Crippen LogP contribution in [-0.4, -0.2) is 23.8 Å². The number of esters is 1. The van der Waals surface area contributed by atoms with E-state index in [2.05, 4.69) is 6.58 Å². The summed E-state index contributed by atoms with van der Waals surface area (Å²) in [4.78, 5) is 22.0. The Morgan fingerprint density at radius 2 is 1.50 bits per heavy atom. The van der Waals surface area contributed by atoms with Crippen molar-refractivity contribution >= 4 is 16.7 Å². The molecule has 0 bridgehead atoms. The zero-order chi connectivity index (χ0) is 20.9. The van der Waals surface area contributed by atoms with Crippen LogP contribution < -0.4 is 9.47 Å². The minimum atomic E-state index is -0.544. The number of fused-ring (bicyclic) bond motifs is 1. The Bertz CT molecular complexity index is 842. The highest BCUT2D eigenvalue weighted by molar-refractivity contribution is 5.85. The Kier molecular flexibility index (Phi) is 6.56. The molecular weight excluding hydrogens is 360 g/mol. The van der Waals surface area contributed by atoms with Crippen LogP contribution in [0.15, 0.2) is 48.9 Å². The van der Waals surface area contributed by atoms with Crippen molar-refractivity contribution in [2.75, 3.05) is 6.61 Å². The van der Waals surface area contributed by atoms with Crippen molar-refractivity contribution < 1.29 is 28.8 Å². The van der Waals surface area contributed by atoms with Gasteiger partial charge in [0.05, 0.1) is 0 Å². The fraction of sp³-hybridized carbons (Fsp3) is 0.409. The van der Waals surface area contributed by atoms with Gasteiger partial charge in [0.2, 0.25) is 0 Å². The van der Waals surface area contributed by atoms with Crippen molar-refractivity contribution in [2.24, 2.45) is 0 Å². The molecule has 6 nitrogen and oxygen atoms in total. The van der Waals surface area contributed by atoms with Gasteiger partial charge in [-0.2, -0.15) is 4.89 Å². The van der Waals surface area contributed by atoms with E-state index in [1.165, 1.54) is 0 Å². The lowest BCUT2D eigenvalue weighted by atomic mass is 10.1. The lowest BCUT2D eigenvalue weighted by Crippen LogP contribution is -2.27. The molecule has 0 N–H and O–H groups in total. The monoisotopic (exact) mass is 388 g/mol. The maximum atomic E-state index is 11.8. The highest BCUT2D eigenvalue weighted by Gasteiger charge is 2.17. The first-order chi connectivity index (χ1) is 12.9. The Balaban J connectivity index is 2.02. The molecular formula is C22H28O6. The number of hydrogen-bond donors (Lipinski definition) is 0. The second-order valence-electron chi connectivity index (χ2n) is 8.30. The van der Waals surface area contributed by atoms with E-state index >= 15 is 0 Å². The van der Waals surface area contributed by atoms with Crippen LogP contribution in [0.5, 0.6) is 11.5 Å². The fourth-order valence-electron chi connectivity index (χ4n) is 2.19. The standard InChI is InChI=1S/C22H28O6/c1-15(27-28-22(5,6)7)25-19-11-9-16-8-10-18(12-17(16)13-19)24-14-20(23)26-21(2,3)4/h8-13H,1,14H2,2-7H3. The van der Waals surface area contributed by atoms with Gasteiger partial charge >= 0.3 is 11.9 Å². The first-order valence-electron chi connectivity index (χ1n) is 9.02. The van der Waals surface area contributed by atoms with Gasteiger partial charge in [0.15, 0.2) is 6.61 Å². The minimum Gasteiger partial charge on any atom is -0.482 e. The van der Waals surface area contributed by atoms with Crippen LogP contribution in [0.4, 0.5) is 0 Å². The van der Waals surface area contributed by atoms with Gasteiger partial charge in [-0.05, 0) is 83.2 Å². The summed E-state index contributed by atoms with van der Waals surface area (Å²) in [6.07, 6.45) is 0. The van der Waals surface area contributed by atoms with Gasteiger partial charge in [-0.1, -0.05) is 12.1 Å². The average Bonchev–Trinajstić information content (AvgIpc) is 2.56. The maximum absolute atomic E-state index is 11.8. The molecule has 0 unspecified atom stereocenters. The van der Waals surface area contributed by atoms with Crippen molar-refractivity contribution in [3.63, 3.8) is 0 Å². The molecule has 152 valence electrons. The molecule has 0 heterocycles. The summed E-state index contributed by atoms with van der Waals surface area (Å²) < 4.78 is 16.3. The van der Waals surface area contributed by atoms with E-state index < -0.39 is 17.2 Å². The molecule has 0 aliphatic carbocycles. The van der Waals surface area contributed by atoms with Gasteiger partial charge in [0.25, 0.3) is 0 Å². The van der Waals surface area contributed by atoms with E-state index in [4.69, 9.17) is 24.0 Å². The molecule has 28 heavy (non-hydrogen) atoms. The largest absolute Gasteiger partial charge is 0.482 e. The summed E-state index contributed by atoms with van der Waals surface area (Å²) in [5.41, 5.74) is -1.02. The number of benzene rings is 2. The number of rotatable bonds is 7. The van der Waals surface area contributed by atoms with Crippen molar-refractivity contribution in [3.8, 4) is 11.5 Å². The van der Waals surface area contributed by atoms with E-state index in [-0.39, 0.29) is 12.6 Å². The smallest absolute Gasteiger partial charge is 0.344 e. The Morgan fingerprint density at radius 3 is 2.11 bits per heavy atom. The molecule has 0 aromatic heterocycles. The zero-order valence-corrected chi connectivity index (χ0v) is 17.3. The minimum absolute atomic E-state index is 0.0339. The highest BCUT2D eigenvalue weighted by atomic mass is 17.2. The van der Waals surface area contributed by atoms with E-state index in [9.17, 15) is 4.79 Å². The van der Waals surface area contributed by atoms with Crippen molar-refractivity contribution in [1.82, 2.24) is 0 Å². The molecule has 2 aromatic carbocycles. The molecule has 2 aromatic rings. The van der Waals surface area contributed by atoms with E-state index in [1.54, 1.807) is 12.1 Å². The fourth-order valence-corrected chi connectivity index (χ4v) is 2.19. The summed E-state index contributed by atoms with van der Waals surface area (Å²) in [6, 6.07) is 11.0. The van der Waals surface area contributed by atoms with Gasteiger partial charge in [-0.3, -0.25) is 4.89 Å². The normalized spacial score (nSPS) is 11.8. The molecule has 0 aliphatic rings. The molecule has 6 heteroatoms. The Labute approximate surface area is 165 Å². The predicted molar refractivity (Wildman–Crippen MR) is 107 cm³/mol. The lowest BCUT2D eigenvalue weighted by Gasteiger charge is -2.19. The molecule has 0 spiro atoms. The second kappa shape index (κ2) is 8.52. The van der Waals surface area contributed by atoms with E-state index in [0.717, 1.165) is 10.8 Å². The van der Waals surface area contributed by atoms with Crippen molar-refractivity contribution in [2.45, 2.75) is 52.7 Å². The summed E-state index contributed by atoms with van der Waals surface area (Å²) >= 11 is 0. The maximum Gasteiger partial charge on any atom is 0.344 e. The van der Waals surface area contributed by atoms with Crippen LogP contribution in [0.1, 0.15) is 41.5 Å². The van der Waals surface area contributed by atoms with E-state index in [1.807, 2.05) is 65.8 Å². The third-order valence-electron chi connectivity index (χ3n) is 3.18. The Hall–Kier alpha value is -2.73. The van der Waals surface area contributed by atoms with Crippen LogP contribution in [0, 0.1) is 0 Å². The third-order valence-corrected chi connectivity index (χ3v) is 3.18. The molecule has 0 atom stereocenters. The first-order valence-corrected chi connectivity index (χ1v) is 9.02. The summed E-state index contributed by atoms with van der Waals surface area (Å²) in [7, 11) is 0. The SMILES string of the molecule is C=C(OOC(C)(C)C)Oc1ccc2ccc(OCC(=O)OC(C)(C)C)cc2c1. The topological polar surface area (TPSA) is 63.2 Å². The van der Waals surface area contributed by atoms with Crippen molar-refractivity contribution in [3.05, 3.63) is 48.9 Å². The second-order valence-corrected chi connectivity index (χ2v) is 8.30. The quantitative estimate of drug-likeness (QED) is 0.283. The van der Waals surface area contributed by atoms with Crippen molar-refractivity contribution in [1.29, 1.82) is 0 Å². The van der Waals surface area contributed by atoms with Crippen LogP contribution >= 0.6 is 0 Å². The molecule has 0 fully saturated rings. The van der Waals surface area contributed by atoms with Crippen LogP contribution in [-0.2, 0) is 19.3 Å². The van der Waals surface area contributed by atoms with Gasteiger partial charge in [0, 0.05) is 0 Å². The first kappa shape index (κ1) is 21.6. The molecule has 0 saturated carbocycles. The van der Waals surface area contributed by atoms with E-state index in [0.29, 0.717) is 11.5 Å². The van der Waals surface area contributed by atoms with Gasteiger partial charge < -0.3 is 14.2 Å². The highest BCUT2D eigenvalue weighted by Crippen LogP contribution is 2.26. The molecule has 0 radical (unpaired) electrons. The van der Waals surface area contributed by atoms with Gasteiger partial charge in [-0.15, -0.1) is 0 Å². The molecule has 0 amide bonds. The van der Waals surface area contributed by atoms with Crippen LogP contribution in [0.2, 0.25) is 0 Å². The van der Waals surface area contributed by atoms with Gasteiger partial charge in [0.1, 0.15) is 22.7 Å². The average molecular weight is 388 g/mol. The lowest BCUT2D eigenvalue weighted by molar-refractivity contribution is -0.337. The molecule has 0 aliphatic heterocycles. The number of hydrogen-bond acceptors (Lipinski definition) is 6. The number of ether oxygens (including phenoxy) is 3. The zero-order valence-electron chi connectivity index (χ0n) is 17.3. The number of carbonyl (C=O) groups is 1.